The van der Waals surface area contributed by atoms with Crippen molar-refractivity contribution in [1.29, 1.82) is 0 Å². The van der Waals surface area contributed by atoms with Gasteiger partial charge >= 0.3 is 12.1 Å². The number of ether oxygens (including phenoxy) is 4. The van der Waals surface area contributed by atoms with E-state index in [1.165, 1.54) is 30.3 Å². The van der Waals surface area contributed by atoms with Crippen LogP contribution in [0.15, 0.2) is 51.7 Å². The normalized spacial score (nSPS) is 11.3. The van der Waals surface area contributed by atoms with Gasteiger partial charge < -0.3 is 23.4 Å². The molecule has 31 heavy (non-hydrogen) atoms. The van der Waals surface area contributed by atoms with Gasteiger partial charge in [0, 0.05) is 6.07 Å². The third kappa shape index (κ3) is 4.90. The molecule has 0 bridgehead atoms. The zero-order valence-electron chi connectivity index (χ0n) is 16.4. The number of para-hydroxylation sites is 2. The van der Waals surface area contributed by atoms with Crippen LogP contribution in [0, 0.1) is 0 Å². The van der Waals surface area contributed by atoms with Gasteiger partial charge in [-0.2, -0.15) is 13.2 Å². The molecule has 0 atom stereocenters. The molecule has 0 aliphatic carbocycles. The molecule has 3 rings (SSSR count). The molecule has 0 amide bonds. The van der Waals surface area contributed by atoms with Gasteiger partial charge in [0.2, 0.25) is 11.2 Å². The molecule has 0 spiro atoms. The van der Waals surface area contributed by atoms with Crippen LogP contribution in [0.1, 0.15) is 12.7 Å². The van der Waals surface area contributed by atoms with Crippen LogP contribution in [0.3, 0.4) is 0 Å². The van der Waals surface area contributed by atoms with Crippen LogP contribution in [0.5, 0.6) is 23.0 Å². The van der Waals surface area contributed by atoms with Gasteiger partial charge in [-0.15, -0.1) is 0 Å². The molecule has 0 aliphatic heterocycles. The quantitative estimate of drug-likeness (QED) is 0.500. The maximum atomic E-state index is 13.7. The number of halogens is 3. The van der Waals surface area contributed by atoms with Gasteiger partial charge in [0.1, 0.15) is 11.3 Å². The number of carbonyl (C=O) groups excluding carboxylic acids is 1. The molecule has 0 saturated carbocycles. The van der Waals surface area contributed by atoms with Crippen molar-refractivity contribution in [2.24, 2.45) is 0 Å². The number of hydrogen-bond acceptors (Lipinski definition) is 7. The van der Waals surface area contributed by atoms with Gasteiger partial charge in [-0.05, 0) is 31.2 Å². The number of esters is 1. The van der Waals surface area contributed by atoms with E-state index in [1.54, 1.807) is 13.0 Å². The Hall–Kier alpha value is -3.69. The zero-order valence-corrected chi connectivity index (χ0v) is 16.4. The first kappa shape index (κ1) is 22.0. The molecule has 0 aliphatic rings. The van der Waals surface area contributed by atoms with E-state index in [9.17, 15) is 22.8 Å². The van der Waals surface area contributed by atoms with Gasteiger partial charge in [-0.1, -0.05) is 12.1 Å². The summed E-state index contributed by atoms with van der Waals surface area (Å²) < 4.78 is 66.3. The number of methoxy groups -OCH3 is 1. The Morgan fingerprint density at radius 3 is 2.42 bits per heavy atom. The third-order valence-electron chi connectivity index (χ3n) is 4.03. The van der Waals surface area contributed by atoms with Crippen molar-refractivity contribution in [3.05, 3.63) is 58.4 Å². The molecule has 3 aromatic rings. The van der Waals surface area contributed by atoms with E-state index >= 15 is 0 Å². The van der Waals surface area contributed by atoms with Crippen LogP contribution in [-0.2, 0) is 15.7 Å². The number of carbonyl (C=O) groups is 1. The highest BCUT2D eigenvalue weighted by Gasteiger charge is 2.40. The van der Waals surface area contributed by atoms with E-state index < -0.39 is 35.7 Å². The largest absolute Gasteiger partial charge is 0.490 e. The molecule has 0 N–H and O–H groups in total. The maximum Gasteiger partial charge on any atom is 0.453 e. The third-order valence-corrected chi connectivity index (χ3v) is 4.03. The van der Waals surface area contributed by atoms with E-state index in [-0.39, 0.29) is 34.8 Å². The fourth-order valence-electron chi connectivity index (χ4n) is 2.65. The lowest BCUT2D eigenvalue weighted by Crippen LogP contribution is -2.16. The second-order valence-electron chi connectivity index (χ2n) is 6.09. The minimum atomic E-state index is -5.02. The highest BCUT2D eigenvalue weighted by molar-refractivity contribution is 5.80. The van der Waals surface area contributed by atoms with Crippen molar-refractivity contribution in [3.8, 4) is 23.0 Å². The second kappa shape index (κ2) is 8.99. The van der Waals surface area contributed by atoms with Crippen molar-refractivity contribution >= 4 is 16.9 Å². The summed E-state index contributed by atoms with van der Waals surface area (Å²) in [6.07, 6.45) is -5.02. The standard InChI is InChI=1S/C21H17F3O7/c1-3-28-14-6-4-5-7-15(14)30-19-18(26)13-9-8-12(29-11-17(25)27-2)10-16(13)31-20(19)21(22,23)24/h4-10H,3,11H2,1-2H3. The highest BCUT2D eigenvalue weighted by atomic mass is 19.4. The monoisotopic (exact) mass is 438 g/mol. The van der Waals surface area contributed by atoms with Crippen molar-refractivity contribution in [2.75, 3.05) is 20.3 Å². The molecule has 2 aromatic carbocycles. The average molecular weight is 438 g/mol. The Morgan fingerprint density at radius 2 is 1.77 bits per heavy atom. The van der Waals surface area contributed by atoms with Gasteiger partial charge in [-0.3, -0.25) is 4.79 Å². The Labute approximate surface area is 173 Å². The fourth-order valence-corrected chi connectivity index (χ4v) is 2.65. The molecule has 0 unspecified atom stereocenters. The number of fused-ring (bicyclic) bond motifs is 1. The Balaban J connectivity index is 2.10. The summed E-state index contributed by atoms with van der Waals surface area (Å²) in [5.74, 6) is -3.20. The molecular weight excluding hydrogens is 421 g/mol. The molecule has 1 aromatic heterocycles. The van der Waals surface area contributed by atoms with Gasteiger partial charge in [-0.25, -0.2) is 4.79 Å². The highest BCUT2D eigenvalue weighted by Crippen LogP contribution is 2.40. The minimum absolute atomic E-state index is 0.0181. The van der Waals surface area contributed by atoms with E-state index in [2.05, 4.69) is 4.74 Å². The molecule has 10 heteroatoms. The first-order chi connectivity index (χ1) is 14.7. The SMILES string of the molecule is CCOc1ccccc1Oc1c(C(F)(F)F)oc2cc(OCC(=O)OC)ccc2c1=O. The number of rotatable bonds is 7. The lowest BCUT2D eigenvalue weighted by atomic mass is 10.2. The summed E-state index contributed by atoms with van der Waals surface area (Å²) in [7, 11) is 1.16. The fraction of sp³-hybridized carbons (Fsp3) is 0.238. The average Bonchev–Trinajstić information content (AvgIpc) is 2.74. The predicted octanol–water partition coefficient (Wildman–Crippen LogP) is 4.55. The van der Waals surface area contributed by atoms with Crippen molar-refractivity contribution in [1.82, 2.24) is 0 Å². The van der Waals surface area contributed by atoms with Crippen LogP contribution >= 0.6 is 0 Å². The Morgan fingerprint density at radius 1 is 1.06 bits per heavy atom. The van der Waals surface area contributed by atoms with Crippen LogP contribution in [-0.4, -0.2) is 26.3 Å². The molecule has 0 radical (unpaired) electrons. The smallest absolute Gasteiger partial charge is 0.453 e. The van der Waals surface area contributed by atoms with Crippen LogP contribution < -0.4 is 19.6 Å². The lowest BCUT2D eigenvalue weighted by Gasteiger charge is -2.15. The van der Waals surface area contributed by atoms with Crippen LogP contribution in [0.2, 0.25) is 0 Å². The van der Waals surface area contributed by atoms with Crippen molar-refractivity contribution < 1.29 is 41.3 Å². The molecule has 1 heterocycles. The summed E-state index contributed by atoms with van der Waals surface area (Å²) in [5.41, 5.74) is -1.41. The Kier molecular flexibility index (Phi) is 6.38. The number of alkyl halides is 3. The molecular formula is C21H17F3O7. The van der Waals surface area contributed by atoms with E-state index in [0.717, 1.165) is 13.2 Å². The lowest BCUT2D eigenvalue weighted by molar-refractivity contribution is -0.154. The van der Waals surface area contributed by atoms with E-state index in [0.29, 0.717) is 0 Å². The van der Waals surface area contributed by atoms with Crippen LogP contribution in [0.25, 0.3) is 11.0 Å². The minimum Gasteiger partial charge on any atom is -0.490 e. The van der Waals surface area contributed by atoms with Crippen molar-refractivity contribution in [2.45, 2.75) is 13.1 Å². The van der Waals surface area contributed by atoms with E-state index in [1.807, 2.05) is 0 Å². The summed E-state index contributed by atoms with van der Waals surface area (Å²) in [6, 6.07) is 9.62. The number of hydrogen-bond donors (Lipinski definition) is 0. The summed E-state index contributed by atoms with van der Waals surface area (Å²) in [6.45, 7) is 1.48. The van der Waals surface area contributed by atoms with Crippen LogP contribution in [0.4, 0.5) is 13.2 Å². The maximum absolute atomic E-state index is 13.7. The topological polar surface area (TPSA) is 84.2 Å². The summed E-state index contributed by atoms with van der Waals surface area (Å²) >= 11 is 0. The predicted molar refractivity (Wildman–Crippen MR) is 103 cm³/mol. The van der Waals surface area contributed by atoms with Gasteiger partial charge in [0.15, 0.2) is 18.1 Å². The van der Waals surface area contributed by atoms with Crippen molar-refractivity contribution in [3.63, 3.8) is 0 Å². The second-order valence-corrected chi connectivity index (χ2v) is 6.09. The zero-order chi connectivity index (χ0) is 22.6. The molecule has 0 fully saturated rings. The summed E-state index contributed by atoms with van der Waals surface area (Å²) in [5, 5.41) is -0.165. The first-order valence-electron chi connectivity index (χ1n) is 9.02. The molecule has 7 nitrogen and oxygen atoms in total. The molecule has 164 valence electrons. The first-order valence-corrected chi connectivity index (χ1v) is 9.02. The van der Waals surface area contributed by atoms with Gasteiger partial charge in [0.25, 0.3) is 5.76 Å². The number of benzene rings is 2. The Bertz CT molecular complexity index is 1150. The molecule has 0 saturated heterocycles. The summed E-state index contributed by atoms with van der Waals surface area (Å²) in [4.78, 5) is 24.0. The van der Waals surface area contributed by atoms with Gasteiger partial charge in [0.05, 0.1) is 19.1 Å². The van der Waals surface area contributed by atoms with E-state index in [4.69, 9.17) is 18.6 Å².